The van der Waals surface area contributed by atoms with Crippen molar-refractivity contribution in [3.8, 4) is 0 Å². The van der Waals surface area contributed by atoms with E-state index in [0.29, 0.717) is 31.6 Å². The van der Waals surface area contributed by atoms with Gasteiger partial charge in [0.15, 0.2) is 12.2 Å². The lowest BCUT2D eigenvalue weighted by atomic mass is 9.99. The number of hydrogen-bond acceptors (Lipinski definition) is 15. The highest BCUT2D eigenvalue weighted by Gasteiger charge is 2.30. The largest absolute Gasteiger partial charge is 0.472 e. The molecule has 0 heterocycles. The highest BCUT2D eigenvalue weighted by atomic mass is 31.2. The molecule has 0 aliphatic heterocycles. The van der Waals surface area contributed by atoms with Gasteiger partial charge in [0.2, 0.25) is 0 Å². The molecule has 0 rings (SSSR count). The molecule has 0 saturated carbocycles. The standard InChI is InChI=1S/C85H166O17P2/c1-9-78(8)64-56-48-39-33-27-21-14-12-10-11-13-15-22-28-34-40-49-57-65-82(87)95-71-80(101-84(89)67-59-51-41-35-29-23-17-16-19-25-31-37-45-53-61-75(2)3)73-99-103(91,92)97-69-79(86)70-98-104(93,94)100-74-81(72-96-83(88)66-58-50-44-43-47-55-63-77(6)7)102-85(90)68-60-52-42-36-30-24-18-20-26-32-38-46-54-62-76(4)5/h75-81,86H,9-74H2,1-8H3,(H,91,92)(H,93,94)/t78?,79-,80-,81-/m1/s1. The zero-order valence-corrected chi connectivity index (χ0v) is 70.5. The quantitative estimate of drug-likeness (QED) is 0.0222. The smallest absolute Gasteiger partial charge is 0.462 e. The fraction of sp³-hybridized carbons (Fsp3) is 0.953. The van der Waals surface area contributed by atoms with Gasteiger partial charge in [-0.25, -0.2) is 9.13 Å². The molecule has 0 amide bonds. The van der Waals surface area contributed by atoms with Crippen LogP contribution in [0.4, 0.5) is 0 Å². The highest BCUT2D eigenvalue weighted by Crippen LogP contribution is 2.45. The Morgan fingerprint density at radius 3 is 0.683 bits per heavy atom. The van der Waals surface area contributed by atoms with Gasteiger partial charge in [0.1, 0.15) is 19.3 Å². The maximum atomic E-state index is 13.1. The van der Waals surface area contributed by atoms with Crippen molar-refractivity contribution in [3.63, 3.8) is 0 Å². The molecule has 0 aromatic carbocycles. The van der Waals surface area contributed by atoms with E-state index in [4.69, 9.17) is 37.0 Å². The fourth-order valence-corrected chi connectivity index (χ4v) is 14.7. The van der Waals surface area contributed by atoms with Gasteiger partial charge in [-0.1, -0.05) is 389 Å². The summed E-state index contributed by atoms with van der Waals surface area (Å²) in [4.78, 5) is 73.1. The molecular weight excluding hydrogens is 1350 g/mol. The molecule has 0 saturated heterocycles. The molecule has 19 heteroatoms. The van der Waals surface area contributed by atoms with Crippen molar-refractivity contribution in [1.82, 2.24) is 0 Å². The van der Waals surface area contributed by atoms with Crippen LogP contribution in [0.2, 0.25) is 0 Å². The molecule has 3 unspecified atom stereocenters. The Morgan fingerprint density at radius 1 is 0.269 bits per heavy atom. The molecule has 0 aromatic rings. The third-order valence-corrected chi connectivity index (χ3v) is 22.1. The lowest BCUT2D eigenvalue weighted by molar-refractivity contribution is -0.161. The summed E-state index contributed by atoms with van der Waals surface area (Å²) in [7, 11) is -9.93. The maximum absolute atomic E-state index is 13.1. The van der Waals surface area contributed by atoms with Crippen molar-refractivity contribution < 1.29 is 80.2 Å². The van der Waals surface area contributed by atoms with Gasteiger partial charge in [-0.2, -0.15) is 0 Å². The van der Waals surface area contributed by atoms with E-state index in [2.05, 4.69) is 55.4 Å². The van der Waals surface area contributed by atoms with Crippen molar-refractivity contribution in [3.05, 3.63) is 0 Å². The van der Waals surface area contributed by atoms with E-state index in [1.807, 2.05) is 0 Å². The van der Waals surface area contributed by atoms with Gasteiger partial charge in [-0.05, 0) is 49.4 Å². The molecule has 3 N–H and O–H groups in total. The van der Waals surface area contributed by atoms with Crippen molar-refractivity contribution >= 4 is 39.5 Å². The fourth-order valence-electron chi connectivity index (χ4n) is 13.1. The topological polar surface area (TPSA) is 237 Å². The second kappa shape index (κ2) is 73.8. The first kappa shape index (κ1) is 102. The van der Waals surface area contributed by atoms with Gasteiger partial charge >= 0.3 is 39.5 Å². The van der Waals surface area contributed by atoms with Crippen molar-refractivity contribution in [2.45, 2.75) is 459 Å². The molecule has 6 atom stereocenters. The first-order valence-corrected chi connectivity index (χ1v) is 46.7. The number of phosphoric ester groups is 2. The summed E-state index contributed by atoms with van der Waals surface area (Å²) in [5.41, 5.74) is 0. The number of ether oxygens (including phenoxy) is 4. The molecule has 0 radical (unpaired) electrons. The number of aliphatic hydroxyl groups excluding tert-OH is 1. The van der Waals surface area contributed by atoms with Crippen molar-refractivity contribution in [1.29, 1.82) is 0 Å². The minimum Gasteiger partial charge on any atom is -0.462 e. The van der Waals surface area contributed by atoms with Crippen LogP contribution >= 0.6 is 15.6 Å². The molecule has 0 bridgehead atoms. The SMILES string of the molecule is CCC(C)CCCCCCCCCCCCCCCCCCCCC(=O)OC[C@H](COP(=O)(O)OC[C@@H](O)COP(=O)(O)OC[C@@H](COC(=O)CCCCCCCCC(C)C)OC(=O)CCCCCCCCCCCCCCCC(C)C)OC(=O)CCCCCCCCCCCCCCCCC(C)C. The average Bonchev–Trinajstić information content (AvgIpc) is 0.919. The second-order valence-electron chi connectivity index (χ2n) is 32.2. The molecule has 17 nitrogen and oxygen atoms in total. The van der Waals surface area contributed by atoms with Crippen molar-refractivity contribution in [2.75, 3.05) is 39.6 Å². The zero-order chi connectivity index (χ0) is 76.7. The Kier molecular flexibility index (Phi) is 72.5. The monoisotopic (exact) mass is 1520 g/mol. The number of phosphoric acid groups is 2. The lowest BCUT2D eigenvalue weighted by Crippen LogP contribution is -2.30. The summed E-state index contributed by atoms with van der Waals surface area (Å²) in [6, 6.07) is 0. The third-order valence-electron chi connectivity index (χ3n) is 20.2. The first-order valence-electron chi connectivity index (χ1n) is 43.7. The molecule has 0 aromatic heterocycles. The van der Waals surface area contributed by atoms with E-state index in [-0.39, 0.29) is 25.7 Å². The molecule has 0 aliphatic rings. The van der Waals surface area contributed by atoms with E-state index in [0.717, 1.165) is 114 Å². The van der Waals surface area contributed by atoms with Crippen LogP contribution in [0.15, 0.2) is 0 Å². The summed E-state index contributed by atoms with van der Waals surface area (Å²) >= 11 is 0. The summed E-state index contributed by atoms with van der Waals surface area (Å²) in [6.07, 6.45) is 62.6. The van der Waals surface area contributed by atoms with E-state index >= 15 is 0 Å². The summed E-state index contributed by atoms with van der Waals surface area (Å²) in [5.74, 6) is 1.02. The Balaban J connectivity index is 5.20. The van der Waals surface area contributed by atoms with Crippen LogP contribution < -0.4 is 0 Å². The van der Waals surface area contributed by atoms with Crippen LogP contribution in [0.5, 0.6) is 0 Å². The Labute approximate surface area is 638 Å². The average molecular weight is 1520 g/mol. The summed E-state index contributed by atoms with van der Waals surface area (Å²) in [5, 5.41) is 10.7. The van der Waals surface area contributed by atoms with Crippen LogP contribution in [-0.4, -0.2) is 96.7 Å². The van der Waals surface area contributed by atoms with Crippen molar-refractivity contribution in [2.24, 2.45) is 23.7 Å². The van der Waals surface area contributed by atoms with Gasteiger partial charge in [-0.15, -0.1) is 0 Å². The number of carbonyl (C=O) groups is 4. The second-order valence-corrected chi connectivity index (χ2v) is 35.2. The van der Waals surface area contributed by atoms with Gasteiger partial charge in [0, 0.05) is 25.7 Å². The van der Waals surface area contributed by atoms with Crippen LogP contribution in [0, 0.1) is 23.7 Å². The molecule has 0 aliphatic carbocycles. The van der Waals surface area contributed by atoms with Crippen LogP contribution in [0.3, 0.4) is 0 Å². The Morgan fingerprint density at radius 2 is 0.462 bits per heavy atom. The number of aliphatic hydroxyl groups is 1. The third kappa shape index (κ3) is 76.8. The van der Waals surface area contributed by atoms with Gasteiger partial charge < -0.3 is 33.8 Å². The Hall–Kier alpha value is -1.94. The van der Waals surface area contributed by atoms with Crippen LogP contribution in [0.25, 0.3) is 0 Å². The van der Waals surface area contributed by atoms with E-state index in [1.165, 1.54) is 238 Å². The summed E-state index contributed by atoms with van der Waals surface area (Å²) in [6.45, 7) is 14.3. The van der Waals surface area contributed by atoms with Gasteiger partial charge in [0.05, 0.1) is 26.4 Å². The maximum Gasteiger partial charge on any atom is 0.472 e. The number of hydrogen-bond donors (Lipinski definition) is 3. The zero-order valence-electron chi connectivity index (χ0n) is 68.7. The predicted molar refractivity (Wildman–Crippen MR) is 428 cm³/mol. The number of esters is 4. The minimum atomic E-state index is -4.97. The Bertz CT molecular complexity index is 2030. The molecule has 0 spiro atoms. The number of carbonyl (C=O) groups excluding carboxylic acids is 4. The lowest BCUT2D eigenvalue weighted by Gasteiger charge is -2.21. The molecule has 618 valence electrons. The van der Waals surface area contributed by atoms with Crippen LogP contribution in [0.1, 0.15) is 441 Å². The van der Waals surface area contributed by atoms with Crippen LogP contribution in [-0.2, 0) is 65.4 Å². The van der Waals surface area contributed by atoms with E-state index in [9.17, 15) is 43.2 Å². The minimum absolute atomic E-state index is 0.106. The normalized spacial score (nSPS) is 14.2. The molecule has 0 fully saturated rings. The van der Waals surface area contributed by atoms with E-state index in [1.54, 1.807) is 0 Å². The number of unbranched alkanes of at least 4 members (excludes halogenated alkanes) is 47. The molecular formula is C85H166O17P2. The van der Waals surface area contributed by atoms with E-state index < -0.39 is 97.5 Å². The molecule has 104 heavy (non-hydrogen) atoms. The van der Waals surface area contributed by atoms with Gasteiger partial charge in [-0.3, -0.25) is 37.3 Å². The highest BCUT2D eigenvalue weighted by molar-refractivity contribution is 7.47. The first-order chi connectivity index (χ1) is 50.1. The van der Waals surface area contributed by atoms with Gasteiger partial charge in [0.25, 0.3) is 0 Å². The number of rotatable bonds is 82. The summed E-state index contributed by atoms with van der Waals surface area (Å²) < 4.78 is 68.8. The predicted octanol–water partition coefficient (Wildman–Crippen LogP) is 25.6.